The molecular weight excluding hydrogens is 302 g/mol. The number of halogens is 1. The third-order valence-corrected chi connectivity index (χ3v) is 3.21. The molecular formula is C12H10BrNO4. The summed E-state index contributed by atoms with van der Waals surface area (Å²) in [6.07, 6.45) is -0.158. The van der Waals surface area contributed by atoms with Gasteiger partial charge in [-0.3, -0.25) is 9.59 Å². The Kier molecular flexibility index (Phi) is 3.21. The third-order valence-electron chi connectivity index (χ3n) is 2.75. The predicted octanol–water partition coefficient (Wildman–Crippen LogP) is 1.76. The average Bonchev–Trinajstić information content (AvgIpc) is 2.56. The zero-order valence-corrected chi connectivity index (χ0v) is 11.2. The number of carbonyl (C=O) groups is 3. The fourth-order valence-electron chi connectivity index (χ4n) is 2.05. The molecule has 1 heterocycles. The van der Waals surface area contributed by atoms with Gasteiger partial charge in [-0.2, -0.15) is 0 Å². The lowest BCUT2D eigenvalue weighted by Gasteiger charge is -2.20. The molecule has 0 saturated carbocycles. The first-order chi connectivity index (χ1) is 8.40. The molecule has 94 valence electrons. The Morgan fingerprint density at radius 3 is 2.56 bits per heavy atom. The fraction of sp³-hybridized carbons (Fsp3) is 0.250. The SMILES string of the molecule is Cc1cc(Br)cc(C(=O)O)c1N1CC(=O)CC1=O. The Balaban J connectivity index is 2.59. The van der Waals surface area contributed by atoms with Crippen molar-refractivity contribution in [2.75, 3.05) is 11.4 Å². The minimum Gasteiger partial charge on any atom is -0.478 e. The minimum absolute atomic E-state index is 0.0184. The van der Waals surface area contributed by atoms with Crippen LogP contribution in [-0.4, -0.2) is 29.3 Å². The van der Waals surface area contributed by atoms with Crippen molar-refractivity contribution in [2.45, 2.75) is 13.3 Å². The van der Waals surface area contributed by atoms with Crippen LogP contribution in [0.5, 0.6) is 0 Å². The summed E-state index contributed by atoms with van der Waals surface area (Å²) in [5, 5.41) is 9.18. The molecule has 1 aromatic rings. The smallest absolute Gasteiger partial charge is 0.337 e. The van der Waals surface area contributed by atoms with E-state index in [1.807, 2.05) is 0 Å². The number of nitrogens with zero attached hydrogens (tertiary/aromatic N) is 1. The van der Waals surface area contributed by atoms with E-state index >= 15 is 0 Å². The lowest BCUT2D eigenvalue weighted by molar-refractivity contribution is -0.121. The molecule has 0 radical (unpaired) electrons. The van der Waals surface area contributed by atoms with Crippen molar-refractivity contribution in [3.8, 4) is 0 Å². The molecule has 0 aliphatic carbocycles. The van der Waals surface area contributed by atoms with E-state index in [2.05, 4.69) is 15.9 Å². The van der Waals surface area contributed by atoms with Crippen molar-refractivity contribution in [2.24, 2.45) is 0 Å². The van der Waals surface area contributed by atoms with Gasteiger partial charge in [0.25, 0.3) is 0 Å². The number of Topliss-reactive ketones (excluding diaryl/α,β-unsaturated/α-hetero) is 1. The molecule has 1 aromatic carbocycles. The first-order valence-corrected chi connectivity index (χ1v) is 6.05. The highest BCUT2D eigenvalue weighted by Crippen LogP contribution is 2.31. The summed E-state index contributed by atoms with van der Waals surface area (Å²) in [7, 11) is 0. The summed E-state index contributed by atoms with van der Waals surface area (Å²) in [6.45, 7) is 1.66. The standard InChI is InChI=1S/C12H10BrNO4/c1-6-2-7(13)3-9(12(17)18)11(6)14-5-8(15)4-10(14)16/h2-3H,4-5H2,1H3,(H,17,18). The van der Waals surface area contributed by atoms with Crippen molar-refractivity contribution >= 4 is 39.3 Å². The number of aryl methyl sites for hydroxylation is 1. The summed E-state index contributed by atoms with van der Waals surface area (Å²) < 4.78 is 0.624. The molecule has 1 N–H and O–H groups in total. The van der Waals surface area contributed by atoms with Gasteiger partial charge in [0.1, 0.15) is 0 Å². The van der Waals surface area contributed by atoms with Gasteiger partial charge in [-0.25, -0.2) is 4.79 Å². The Hall–Kier alpha value is -1.69. The Morgan fingerprint density at radius 1 is 1.39 bits per heavy atom. The van der Waals surface area contributed by atoms with Crippen LogP contribution in [0.1, 0.15) is 22.3 Å². The van der Waals surface area contributed by atoms with E-state index in [-0.39, 0.29) is 30.2 Å². The first-order valence-electron chi connectivity index (χ1n) is 5.25. The fourth-order valence-corrected chi connectivity index (χ4v) is 2.62. The van der Waals surface area contributed by atoms with E-state index in [0.29, 0.717) is 15.7 Å². The maximum Gasteiger partial charge on any atom is 0.337 e. The number of benzene rings is 1. The highest BCUT2D eigenvalue weighted by molar-refractivity contribution is 9.10. The first kappa shape index (κ1) is 12.8. The number of carbonyl (C=O) groups excluding carboxylic acids is 2. The lowest BCUT2D eigenvalue weighted by atomic mass is 10.1. The number of ketones is 1. The van der Waals surface area contributed by atoms with Crippen LogP contribution in [-0.2, 0) is 9.59 Å². The summed E-state index contributed by atoms with van der Waals surface area (Å²) in [5.41, 5.74) is 0.969. The molecule has 1 saturated heterocycles. The van der Waals surface area contributed by atoms with E-state index in [0.717, 1.165) is 0 Å². The van der Waals surface area contributed by atoms with Crippen molar-refractivity contribution in [3.63, 3.8) is 0 Å². The van der Waals surface area contributed by atoms with Gasteiger partial charge in [0.2, 0.25) is 5.91 Å². The topological polar surface area (TPSA) is 74.7 Å². The Bertz CT molecular complexity index is 567. The Morgan fingerprint density at radius 2 is 2.06 bits per heavy atom. The maximum absolute atomic E-state index is 11.7. The number of rotatable bonds is 2. The van der Waals surface area contributed by atoms with E-state index < -0.39 is 5.97 Å². The molecule has 1 amide bonds. The Labute approximate surface area is 112 Å². The minimum atomic E-state index is -1.12. The molecule has 5 nitrogen and oxygen atoms in total. The zero-order valence-electron chi connectivity index (χ0n) is 9.57. The number of carboxylic acids is 1. The summed E-state index contributed by atoms with van der Waals surface area (Å²) in [6, 6.07) is 3.15. The third kappa shape index (κ3) is 2.15. The van der Waals surface area contributed by atoms with Gasteiger partial charge in [0.15, 0.2) is 5.78 Å². The lowest BCUT2D eigenvalue weighted by Crippen LogP contribution is -2.27. The van der Waals surface area contributed by atoms with Crippen LogP contribution in [0.2, 0.25) is 0 Å². The van der Waals surface area contributed by atoms with Crippen molar-refractivity contribution in [1.82, 2.24) is 0 Å². The molecule has 0 atom stereocenters. The summed E-state index contributed by atoms with van der Waals surface area (Å²) in [4.78, 5) is 35.4. The number of aromatic carboxylic acids is 1. The maximum atomic E-state index is 11.7. The van der Waals surface area contributed by atoms with E-state index in [9.17, 15) is 19.5 Å². The van der Waals surface area contributed by atoms with E-state index in [4.69, 9.17) is 0 Å². The molecule has 2 rings (SSSR count). The second-order valence-electron chi connectivity index (χ2n) is 4.12. The molecule has 0 spiro atoms. The number of carboxylic acid groups (broad SMARTS) is 1. The highest BCUT2D eigenvalue weighted by Gasteiger charge is 2.32. The van der Waals surface area contributed by atoms with Crippen molar-refractivity contribution < 1.29 is 19.5 Å². The molecule has 0 aromatic heterocycles. The normalized spacial score (nSPS) is 15.3. The van der Waals surface area contributed by atoms with Crippen LogP contribution in [0.4, 0.5) is 5.69 Å². The van der Waals surface area contributed by atoms with Gasteiger partial charge < -0.3 is 10.0 Å². The number of hydrogen-bond acceptors (Lipinski definition) is 3. The van der Waals surface area contributed by atoms with Gasteiger partial charge in [-0.05, 0) is 24.6 Å². The van der Waals surface area contributed by atoms with Crippen molar-refractivity contribution in [1.29, 1.82) is 0 Å². The number of anilines is 1. The summed E-state index contributed by atoms with van der Waals surface area (Å²) >= 11 is 3.22. The van der Waals surface area contributed by atoms with Crippen LogP contribution >= 0.6 is 15.9 Å². The molecule has 0 unspecified atom stereocenters. The van der Waals surface area contributed by atoms with Crippen LogP contribution in [0.3, 0.4) is 0 Å². The van der Waals surface area contributed by atoms with Crippen LogP contribution in [0.25, 0.3) is 0 Å². The van der Waals surface area contributed by atoms with Crippen LogP contribution in [0.15, 0.2) is 16.6 Å². The van der Waals surface area contributed by atoms with Crippen LogP contribution in [0, 0.1) is 6.92 Å². The van der Waals surface area contributed by atoms with Gasteiger partial charge in [0, 0.05) is 4.47 Å². The second-order valence-corrected chi connectivity index (χ2v) is 5.04. The highest BCUT2D eigenvalue weighted by atomic mass is 79.9. The van der Waals surface area contributed by atoms with Gasteiger partial charge in [-0.1, -0.05) is 15.9 Å². The zero-order chi connectivity index (χ0) is 13.4. The van der Waals surface area contributed by atoms with Gasteiger partial charge in [0.05, 0.1) is 24.2 Å². The molecule has 1 aliphatic heterocycles. The monoisotopic (exact) mass is 311 g/mol. The average molecular weight is 312 g/mol. The molecule has 1 fully saturated rings. The van der Waals surface area contributed by atoms with E-state index in [1.165, 1.54) is 11.0 Å². The molecule has 6 heteroatoms. The summed E-state index contributed by atoms with van der Waals surface area (Å²) in [5.74, 6) is -1.67. The second kappa shape index (κ2) is 4.53. The number of amides is 1. The quantitative estimate of drug-likeness (QED) is 0.845. The largest absolute Gasteiger partial charge is 0.478 e. The van der Waals surface area contributed by atoms with E-state index in [1.54, 1.807) is 13.0 Å². The molecule has 1 aliphatic rings. The number of hydrogen-bond donors (Lipinski definition) is 1. The molecule has 18 heavy (non-hydrogen) atoms. The van der Waals surface area contributed by atoms with Gasteiger partial charge in [-0.15, -0.1) is 0 Å². The van der Waals surface area contributed by atoms with Crippen LogP contribution < -0.4 is 4.90 Å². The molecule has 0 bridgehead atoms. The predicted molar refractivity (Wildman–Crippen MR) is 67.8 cm³/mol. The van der Waals surface area contributed by atoms with Crippen molar-refractivity contribution in [3.05, 3.63) is 27.7 Å². The van der Waals surface area contributed by atoms with Gasteiger partial charge >= 0.3 is 5.97 Å².